The second kappa shape index (κ2) is 6.66. The highest BCUT2D eigenvalue weighted by atomic mass is 35.5. The molecule has 0 saturated carbocycles. The molecule has 0 aliphatic carbocycles. The average Bonchev–Trinajstić information content (AvgIpc) is 2.30. The summed E-state index contributed by atoms with van der Waals surface area (Å²) in [6, 6.07) is 4.01. The SMILES string of the molecule is CCP(=S)(Oc1ccc([N+](=O)[O-])cc1Cl)OC(C)C. The van der Waals surface area contributed by atoms with Crippen molar-refractivity contribution in [3.05, 3.63) is 33.3 Å². The number of halogens is 1. The van der Waals surface area contributed by atoms with Crippen molar-refractivity contribution in [3.8, 4) is 5.75 Å². The monoisotopic (exact) mass is 323 g/mol. The van der Waals surface area contributed by atoms with Crippen molar-refractivity contribution in [1.29, 1.82) is 0 Å². The number of rotatable bonds is 6. The minimum absolute atomic E-state index is 0.0531. The van der Waals surface area contributed by atoms with Gasteiger partial charge in [0, 0.05) is 18.3 Å². The highest BCUT2D eigenvalue weighted by Gasteiger charge is 2.22. The molecule has 19 heavy (non-hydrogen) atoms. The number of nitro benzene ring substituents is 1. The summed E-state index contributed by atoms with van der Waals surface area (Å²) in [5.74, 6) is 0.318. The standard InChI is InChI=1S/C11H15ClNO4PS/c1-4-18(19,16-8(2)3)17-11-6-5-9(13(14)15)7-10(11)12/h5-8H,4H2,1-3H3. The van der Waals surface area contributed by atoms with Gasteiger partial charge in [0.2, 0.25) is 6.49 Å². The normalized spacial score (nSPS) is 14.2. The molecule has 106 valence electrons. The van der Waals surface area contributed by atoms with Gasteiger partial charge >= 0.3 is 0 Å². The molecule has 1 aromatic rings. The van der Waals surface area contributed by atoms with Crippen LogP contribution in [0.15, 0.2) is 18.2 Å². The maximum Gasteiger partial charge on any atom is 0.271 e. The number of non-ortho nitro benzene ring substituents is 1. The van der Waals surface area contributed by atoms with Crippen LogP contribution in [-0.2, 0) is 16.3 Å². The van der Waals surface area contributed by atoms with Gasteiger partial charge in [0.1, 0.15) is 5.75 Å². The Morgan fingerprint density at radius 3 is 2.58 bits per heavy atom. The van der Waals surface area contributed by atoms with Gasteiger partial charge in [-0.1, -0.05) is 18.5 Å². The smallest absolute Gasteiger partial charge is 0.271 e. The molecule has 0 aliphatic rings. The second-order valence-electron chi connectivity index (χ2n) is 4.04. The topological polar surface area (TPSA) is 61.6 Å². The summed E-state index contributed by atoms with van der Waals surface area (Å²) in [6.07, 6.45) is 0.496. The van der Waals surface area contributed by atoms with E-state index in [1.54, 1.807) is 0 Å². The maximum atomic E-state index is 10.6. The largest absolute Gasteiger partial charge is 0.442 e. The van der Waals surface area contributed by atoms with Crippen molar-refractivity contribution in [2.45, 2.75) is 26.9 Å². The van der Waals surface area contributed by atoms with Gasteiger partial charge in [-0.15, -0.1) is 0 Å². The van der Waals surface area contributed by atoms with Crippen LogP contribution in [0.25, 0.3) is 0 Å². The summed E-state index contributed by atoms with van der Waals surface area (Å²) < 4.78 is 11.3. The zero-order valence-electron chi connectivity index (χ0n) is 10.8. The third-order valence-electron chi connectivity index (χ3n) is 2.12. The lowest BCUT2D eigenvalue weighted by Crippen LogP contribution is -2.06. The molecule has 0 heterocycles. The highest BCUT2D eigenvalue weighted by Crippen LogP contribution is 2.51. The van der Waals surface area contributed by atoms with Gasteiger partial charge in [0.15, 0.2) is 0 Å². The number of hydrogen-bond acceptors (Lipinski definition) is 5. The Bertz CT molecular complexity index is 523. The fourth-order valence-electron chi connectivity index (χ4n) is 1.31. The summed E-state index contributed by atoms with van der Waals surface area (Å²) in [6.45, 7) is 3.16. The van der Waals surface area contributed by atoms with Crippen LogP contribution in [0.4, 0.5) is 5.69 Å². The number of nitrogens with zero attached hydrogens (tertiary/aromatic N) is 1. The first-order valence-corrected chi connectivity index (χ1v) is 8.88. The van der Waals surface area contributed by atoms with Crippen LogP contribution >= 0.6 is 18.1 Å². The molecule has 0 aromatic heterocycles. The Balaban J connectivity index is 2.98. The molecule has 0 aliphatic heterocycles. The molecule has 0 amide bonds. The molecule has 1 atom stereocenters. The molecule has 1 unspecified atom stereocenters. The quantitative estimate of drug-likeness (QED) is 0.441. The first-order valence-electron chi connectivity index (χ1n) is 5.68. The molecule has 8 heteroatoms. The fourth-order valence-corrected chi connectivity index (χ4v) is 3.76. The van der Waals surface area contributed by atoms with Gasteiger partial charge in [0.25, 0.3) is 5.69 Å². The van der Waals surface area contributed by atoms with Crippen LogP contribution in [0.3, 0.4) is 0 Å². The zero-order valence-corrected chi connectivity index (χ0v) is 13.3. The molecular formula is C11H15ClNO4PS. The lowest BCUT2D eigenvalue weighted by atomic mass is 10.3. The molecule has 0 fully saturated rings. The van der Waals surface area contributed by atoms with Crippen molar-refractivity contribution < 1.29 is 14.0 Å². The minimum atomic E-state index is -2.47. The van der Waals surface area contributed by atoms with Gasteiger partial charge < -0.3 is 9.05 Å². The summed E-state index contributed by atoms with van der Waals surface area (Å²) in [7, 11) is 0. The Labute approximate surface area is 122 Å². The van der Waals surface area contributed by atoms with Gasteiger partial charge in [-0.2, -0.15) is 0 Å². The second-order valence-corrected chi connectivity index (χ2v) is 8.37. The van der Waals surface area contributed by atoms with E-state index < -0.39 is 11.4 Å². The molecule has 0 radical (unpaired) electrons. The van der Waals surface area contributed by atoms with Gasteiger partial charge in [0.05, 0.1) is 16.0 Å². The van der Waals surface area contributed by atoms with E-state index in [0.29, 0.717) is 11.9 Å². The summed E-state index contributed by atoms with van der Waals surface area (Å²) >= 11 is 11.3. The van der Waals surface area contributed by atoms with Crippen molar-refractivity contribution in [2.75, 3.05) is 6.16 Å². The van der Waals surface area contributed by atoms with Crippen molar-refractivity contribution in [3.63, 3.8) is 0 Å². The Hall–Kier alpha value is -0.680. The summed E-state index contributed by atoms with van der Waals surface area (Å²) in [5, 5.41) is 10.8. The molecule has 1 rings (SSSR count). The number of nitro groups is 1. The van der Waals surface area contributed by atoms with Crippen molar-refractivity contribution >= 4 is 35.6 Å². The molecular weight excluding hydrogens is 309 g/mol. The van der Waals surface area contributed by atoms with E-state index >= 15 is 0 Å². The molecule has 5 nitrogen and oxygen atoms in total. The highest BCUT2D eigenvalue weighted by molar-refractivity contribution is 8.10. The van der Waals surface area contributed by atoms with E-state index in [9.17, 15) is 10.1 Å². The lowest BCUT2D eigenvalue weighted by Gasteiger charge is -2.24. The maximum absolute atomic E-state index is 10.6. The predicted molar refractivity (Wildman–Crippen MR) is 79.8 cm³/mol. The molecule has 0 spiro atoms. The van der Waals surface area contributed by atoms with E-state index in [0.717, 1.165) is 0 Å². The van der Waals surface area contributed by atoms with Crippen molar-refractivity contribution in [1.82, 2.24) is 0 Å². The van der Waals surface area contributed by atoms with Crippen molar-refractivity contribution in [2.24, 2.45) is 0 Å². The number of hydrogen-bond donors (Lipinski definition) is 0. The molecule has 1 aromatic carbocycles. The van der Waals surface area contributed by atoms with E-state index in [2.05, 4.69) is 0 Å². The van der Waals surface area contributed by atoms with Gasteiger partial charge in [-0.05, 0) is 31.7 Å². The van der Waals surface area contributed by atoms with Crippen LogP contribution in [0.2, 0.25) is 5.02 Å². The third kappa shape index (κ3) is 4.73. The third-order valence-corrected chi connectivity index (χ3v) is 5.67. The van der Waals surface area contributed by atoms with Crippen LogP contribution in [0, 0.1) is 10.1 Å². The van der Waals surface area contributed by atoms with Crippen LogP contribution < -0.4 is 4.52 Å². The van der Waals surface area contributed by atoms with Crippen LogP contribution in [0.1, 0.15) is 20.8 Å². The van der Waals surface area contributed by atoms with E-state index in [4.69, 9.17) is 32.5 Å². The Morgan fingerprint density at radius 2 is 2.16 bits per heavy atom. The number of benzene rings is 1. The molecule has 0 saturated heterocycles. The molecule has 0 bridgehead atoms. The van der Waals surface area contributed by atoms with E-state index in [-0.39, 0.29) is 16.8 Å². The predicted octanol–water partition coefficient (Wildman–Crippen LogP) is 4.38. The first-order chi connectivity index (χ1) is 8.77. The average molecular weight is 324 g/mol. The molecule has 0 N–H and O–H groups in total. The van der Waals surface area contributed by atoms with Crippen LogP contribution in [-0.4, -0.2) is 17.2 Å². The van der Waals surface area contributed by atoms with E-state index in [1.165, 1.54) is 18.2 Å². The minimum Gasteiger partial charge on any atom is -0.442 e. The van der Waals surface area contributed by atoms with Crippen LogP contribution in [0.5, 0.6) is 5.75 Å². The summed E-state index contributed by atoms with van der Waals surface area (Å²) in [5.41, 5.74) is -0.0908. The zero-order chi connectivity index (χ0) is 14.6. The Morgan fingerprint density at radius 1 is 1.53 bits per heavy atom. The fraction of sp³-hybridized carbons (Fsp3) is 0.455. The van der Waals surface area contributed by atoms with E-state index in [1.807, 2.05) is 20.8 Å². The first kappa shape index (κ1) is 16.4. The Kier molecular flexibility index (Phi) is 5.74. The van der Waals surface area contributed by atoms with Gasteiger partial charge in [-0.3, -0.25) is 10.1 Å². The summed E-state index contributed by atoms with van der Waals surface area (Å²) in [4.78, 5) is 10.1. The van der Waals surface area contributed by atoms with Gasteiger partial charge in [-0.25, -0.2) is 0 Å². The lowest BCUT2D eigenvalue weighted by molar-refractivity contribution is -0.384.